The zero-order chi connectivity index (χ0) is 29.0. The lowest BCUT2D eigenvalue weighted by Crippen LogP contribution is -2.17. The minimum atomic E-state index is 0.299. The second kappa shape index (κ2) is 19.5. The highest BCUT2D eigenvalue weighted by atomic mass is 32.2. The van der Waals surface area contributed by atoms with Gasteiger partial charge in [0.05, 0.1) is 12.4 Å². The summed E-state index contributed by atoms with van der Waals surface area (Å²) >= 11 is 1.69. The number of hydrogen-bond acceptors (Lipinski definition) is 6. The van der Waals surface area contributed by atoms with Gasteiger partial charge >= 0.3 is 0 Å². The Kier molecular flexibility index (Phi) is 15.9. The molecule has 5 nitrogen and oxygen atoms in total. The van der Waals surface area contributed by atoms with Gasteiger partial charge in [-0.1, -0.05) is 74.8 Å². The number of aromatic nitrogens is 2. The number of nitrogens with zero attached hydrogens (tertiary/aromatic N) is 3. The molecule has 0 radical (unpaired) electrons. The van der Waals surface area contributed by atoms with Gasteiger partial charge in [-0.3, -0.25) is 0 Å². The highest BCUT2D eigenvalue weighted by Crippen LogP contribution is 2.21. The Labute approximate surface area is 245 Å². The van der Waals surface area contributed by atoms with E-state index in [1.54, 1.807) is 17.8 Å². The second-order valence-electron chi connectivity index (χ2n) is 9.03. The van der Waals surface area contributed by atoms with E-state index in [-0.39, 0.29) is 0 Å². The van der Waals surface area contributed by atoms with E-state index in [9.17, 15) is 0 Å². The number of hydrogen-bond donors (Lipinski definition) is 0. The third-order valence-corrected chi connectivity index (χ3v) is 6.55. The van der Waals surface area contributed by atoms with Crippen molar-refractivity contribution in [1.29, 1.82) is 0 Å². The van der Waals surface area contributed by atoms with Gasteiger partial charge in [-0.2, -0.15) is 0 Å². The van der Waals surface area contributed by atoms with E-state index in [4.69, 9.17) is 9.15 Å². The molecule has 6 heteroatoms. The molecule has 2 aromatic carbocycles. The molecule has 0 N–H and O–H groups in total. The minimum absolute atomic E-state index is 0.299. The molecular formula is C34H43N3O2S. The van der Waals surface area contributed by atoms with Crippen molar-refractivity contribution in [2.45, 2.75) is 39.4 Å². The molecule has 0 fully saturated rings. The highest BCUT2D eigenvalue weighted by molar-refractivity contribution is 7.98. The molecule has 3 aromatic rings. The number of allylic oxidation sites excluding steroid dienone is 4. The van der Waals surface area contributed by atoms with Crippen LogP contribution in [-0.2, 0) is 16.9 Å². The van der Waals surface area contributed by atoms with Crippen LogP contribution in [0.2, 0.25) is 0 Å². The summed E-state index contributed by atoms with van der Waals surface area (Å²) in [6.45, 7) is 11.3. The van der Waals surface area contributed by atoms with E-state index in [1.165, 1.54) is 5.56 Å². The Hall–Kier alpha value is -3.53. The normalized spacial score (nSPS) is 11.9. The van der Waals surface area contributed by atoms with Gasteiger partial charge < -0.3 is 14.1 Å². The molecule has 1 heterocycles. The van der Waals surface area contributed by atoms with Crippen molar-refractivity contribution in [3.05, 3.63) is 108 Å². The fraction of sp³-hybridized carbons (Fsp3) is 0.353. The monoisotopic (exact) mass is 557 g/mol. The molecule has 0 saturated carbocycles. The molecule has 1 aromatic heterocycles. The Morgan fingerprint density at radius 1 is 1.10 bits per heavy atom. The summed E-state index contributed by atoms with van der Waals surface area (Å²) in [4.78, 5) is 2.21. The van der Waals surface area contributed by atoms with Crippen molar-refractivity contribution < 1.29 is 9.15 Å². The molecule has 0 aliphatic heterocycles. The quantitative estimate of drug-likeness (QED) is 0.0872. The van der Waals surface area contributed by atoms with Crippen LogP contribution in [0.1, 0.15) is 44.2 Å². The van der Waals surface area contributed by atoms with Crippen LogP contribution in [0.15, 0.2) is 95.7 Å². The maximum Gasteiger partial charge on any atom is 0.247 e. The van der Waals surface area contributed by atoms with E-state index in [1.807, 2.05) is 63.3 Å². The third kappa shape index (κ3) is 12.5. The molecule has 1 atom stereocenters. The Morgan fingerprint density at radius 3 is 2.52 bits per heavy atom. The fourth-order valence-corrected chi connectivity index (χ4v) is 4.23. The van der Waals surface area contributed by atoms with Gasteiger partial charge in [-0.15, -0.1) is 22.0 Å². The second-order valence-corrected chi connectivity index (χ2v) is 10.1. The van der Waals surface area contributed by atoms with Crippen molar-refractivity contribution >= 4 is 11.8 Å². The molecule has 212 valence electrons. The first-order valence-electron chi connectivity index (χ1n) is 13.9. The Bertz CT molecular complexity index is 1240. The summed E-state index contributed by atoms with van der Waals surface area (Å²) in [6, 6.07) is 18.6. The average Bonchev–Trinajstić information content (AvgIpc) is 3.46. The molecule has 0 aliphatic carbocycles. The van der Waals surface area contributed by atoms with Crippen LogP contribution in [0.5, 0.6) is 0 Å². The van der Waals surface area contributed by atoms with Crippen LogP contribution in [0.3, 0.4) is 0 Å². The first-order chi connectivity index (χ1) is 19.6. The van der Waals surface area contributed by atoms with E-state index < -0.39 is 0 Å². The first kappa shape index (κ1) is 32.7. The van der Waals surface area contributed by atoms with Crippen LogP contribution in [0, 0.1) is 17.8 Å². The maximum atomic E-state index is 5.87. The fourth-order valence-electron chi connectivity index (χ4n) is 3.59. The maximum absolute atomic E-state index is 5.87. The Morgan fingerprint density at radius 2 is 1.85 bits per heavy atom. The molecule has 3 rings (SSSR count). The number of ether oxygens (including phenoxy) is 1. The summed E-state index contributed by atoms with van der Waals surface area (Å²) < 4.78 is 11.6. The van der Waals surface area contributed by atoms with Crippen molar-refractivity contribution in [2.24, 2.45) is 5.92 Å². The molecule has 0 spiro atoms. The molecule has 0 amide bonds. The number of benzene rings is 2. The van der Waals surface area contributed by atoms with Gasteiger partial charge in [0.25, 0.3) is 0 Å². The lowest BCUT2D eigenvalue weighted by molar-refractivity contribution is 0.246. The summed E-state index contributed by atoms with van der Waals surface area (Å²) in [6.07, 6.45) is 9.47. The molecule has 1 unspecified atom stereocenters. The molecule has 40 heavy (non-hydrogen) atoms. The molecule has 0 bridgehead atoms. The summed E-state index contributed by atoms with van der Waals surface area (Å²) in [7, 11) is 4.21. The SMILES string of the molecule is C=C/C(=C\C=C/C)OCCSCc1nnc(-c2ccc(C#CC(CCN(C)C)Cc3ccccc3)cc2)o1.CC. The van der Waals surface area contributed by atoms with Crippen molar-refractivity contribution in [1.82, 2.24) is 15.1 Å². The van der Waals surface area contributed by atoms with E-state index in [0.717, 1.165) is 42.0 Å². The van der Waals surface area contributed by atoms with E-state index >= 15 is 0 Å². The first-order valence-corrected chi connectivity index (χ1v) is 15.0. The molecule has 0 aliphatic rings. The highest BCUT2D eigenvalue weighted by Gasteiger charge is 2.10. The van der Waals surface area contributed by atoms with Crippen LogP contribution in [0.4, 0.5) is 0 Å². The summed E-state index contributed by atoms with van der Waals surface area (Å²) in [5.41, 5.74) is 3.19. The van der Waals surface area contributed by atoms with Gasteiger partial charge in [0.2, 0.25) is 11.8 Å². The van der Waals surface area contributed by atoms with Gasteiger partial charge in [-0.05, 0) is 82.4 Å². The van der Waals surface area contributed by atoms with Crippen LogP contribution >= 0.6 is 11.8 Å². The van der Waals surface area contributed by atoms with Crippen LogP contribution < -0.4 is 0 Å². The topological polar surface area (TPSA) is 51.4 Å². The number of rotatable bonds is 14. The lowest BCUT2D eigenvalue weighted by Gasteiger charge is -2.14. The lowest BCUT2D eigenvalue weighted by atomic mass is 9.96. The largest absolute Gasteiger partial charge is 0.493 e. The summed E-state index contributed by atoms with van der Waals surface area (Å²) in [5.74, 6) is 10.5. The zero-order valence-electron chi connectivity index (χ0n) is 24.6. The van der Waals surface area contributed by atoms with Gasteiger partial charge in [0.1, 0.15) is 5.76 Å². The predicted molar refractivity (Wildman–Crippen MR) is 170 cm³/mol. The van der Waals surface area contributed by atoms with E-state index in [0.29, 0.717) is 30.1 Å². The van der Waals surface area contributed by atoms with Gasteiger partial charge in [0.15, 0.2) is 0 Å². The van der Waals surface area contributed by atoms with Crippen molar-refractivity contribution in [2.75, 3.05) is 33.0 Å². The van der Waals surface area contributed by atoms with Gasteiger partial charge in [-0.25, -0.2) is 0 Å². The Balaban J connectivity index is 0.00000274. The van der Waals surface area contributed by atoms with Gasteiger partial charge in [0, 0.05) is 22.8 Å². The van der Waals surface area contributed by atoms with Crippen molar-refractivity contribution in [3.63, 3.8) is 0 Å². The third-order valence-electron chi connectivity index (χ3n) is 5.65. The van der Waals surface area contributed by atoms with Crippen LogP contribution in [0.25, 0.3) is 11.5 Å². The number of thioether (sulfide) groups is 1. The van der Waals surface area contributed by atoms with Crippen LogP contribution in [-0.4, -0.2) is 48.1 Å². The smallest absolute Gasteiger partial charge is 0.247 e. The predicted octanol–water partition coefficient (Wildman–Crippen LogP) is 7.82. The molecule has 0 saturated heterocycles. The van der Waals surface area contributed by atoms with E-state index in [2.05, 4.69) is 77.9 Å². The minimum Gasteiger partial charge on any atom is -0.493 e. The zero-order valence-corrected chi connectivity index (χ0v) is 25.4. The molecular weight excluding hydrogens is 514 g/mol. The standard InChI is InChI=1S/C32H37N3O2S.C2H6/c1-5-7-13-30(6-2)36-22-23-38-25-31-33-34-32(37-31)29-18-16-26(17-19-29)14-15-28(20-21-35(3)4)24-27-11-9-8-10-12-27;1-2/h5-13,16-19,28H,2,20-25H2,1,3-4H3;1-2H3/b7-5-,30-13+;. The summed E-state index contributed by atoms with van der Waals surface area (Å²) in [5, 5.41) is 8.41. The average molecular weight is 558 g/mol. The van der Waals surface area contributed by atoms with Crippen molar-refractivity contribution in [3.8, 4) is 23.3 Å².